The molecule has 5 nitrogen and oxygen atoms in total. The molecular weight excluding hydrogens is 430 g/mol. The molecule has 1 heterocycles. The second kappa shape index (κ2) is 10.2. The molecular formula is C21H24F2N2O3S2. The highest BCUT2D eigenvalue weighted by molar-refractivity contribution is 7.80. The van der Waals surface area contributed by atoms with Gasteiger partial charge in [0.25, 0.3) is 0 Å². The number of carbonyl (C=O) groups excluding carboxylic acids is 1. The predicted octanol–water partition coefficient (Wildman–Crippen LogP) is 5.91. The van der Waals surface area contributed by atoms with Gasteiger partial charge in [-0.05, 0) is 81.1 Å². The van der Waals surface area contributed by atoms with Crippen molar-refractivity contribution < 1.29 is 23.0 Å². The van der Waals surface area contributed by atoms with Crippen molar-refractivity contribution in [2.24, 2.45) is 0 Å². The number of alkyl halides is 2. The Hall–Kier alpha value is -2.26. The molecule has 0 atom stereocenters. The minimum atomic E-state index is -2.87. The van der Waals surface area contributed by atoms with E-state index in [0.717, 1.165) is 37.7 Å². The minimum Gasteiger partial charge on any atom is -0.462 e. The second-order valence-electron chi connectivity index (χ2n) is 6.92. The van der Waals surface area contributed by atoms with E-state index >= 15 is 0 Å². The Balaban J connectivity index is 1.79. The van der Waals surface area contributed by atoms with Crippen LogP contribution in [0.1, 0.15) is 52.5 Å². The monoisotopic (exact) mass is 454 g/mol. The van der Waals surface area contributed by atoms with Crippen LogP contribution in [0.5, 0.6) is 5.75 Å². The van der Waals surface area contributed by atoms with Crippen LogP contribution in [0, 0.1) is 6.92 Å². The van der Waals surface area contributed by atoms with Crippen molar-refractivity contribution in [3.63, 3.8) is 0 Å². The molecule has 0 fully saturated rings. The number of halogens is 2. The number of esters is 1. The fraction of sp³-hybridized carbons (Fsp3) is 0.429. The van der Waals surface area contributed by atoms with Gasteiger partial charge in [0, 0.05) is 10.6 Å². The number of fused-ring (bicyclic) bond motifs is 1. The predicted molar refractivity (Wildman–Crippen MR) is 119 cm³/mol. The standard InChI is InChI=1S/C21H24F2N2O3S2/c1-3-27-19(26)17-14-7-5-4-6-8-16(14)30-18(17)25-21(29)24-15-10-9-13(11-12(15)2)28-20(22)23/h9-11,20H,3-8H2,1-2H3,(H2,24,25,29). The highest BCUT2D eigenvalue weighted by atomic mass is 32.1. The SMILES string of the molecule is CCOC(=O)c1c(NC(=S)Nc2ccc(OC(F)F)cc2C)sc2c1CCCCC2. The largest absolute Gasteiger partial charge is 0.462 e. The molecule has 0 saturated carbocycles. The van der Waals surface area contributed by atoms with E-state index < -0.39 is 6.61 Å². The highest BCUT2D eigenvalue weighted by Crippen LogP contribution is 2.38. The lowest BCUT2D eigenvalue weighted by molar-refractivity contribution is -0.0498. The van der Waals surface area contributed by atoms with Crippen LogP contribution in [-0.2, 0) is 17.6 Å². The van der Waals surface area contributed by atoms with Crippen molar-refractivity contribution in [1.29, 1.82) is 0 Å². The Morgan fingerprint density at radius 3 is 2.70 bits per heavy atom. The summed E-state index contributed by atoms with van der Waals surface area (Å²) >= 11 is 6.98. The molecule has 0 radical (unpaired) electrons. The summed E-state index contributed by atoms with van der Waals surface area (Å²) in [4.78, 5) is 13.8. The van der Waals surface area contributed by atoms with E-state index in [4.69, 9.17) is 17.0 Å². The van der Waals surface area contributed by atoms with Gasteiger partial charge in [0.2, 0.25) is 0 Å². The number of benzene rings is 1. The molecule has 162 valence electrons. The van der Waals surface area contributed by atoms with Gasteiger partial charge < -0.3 is 20.1 Å². The van der Waals surface area contributed by atoms with E-state index in [1.54, 1.807) is 19.9 Å². The zero-order valence-electron chi connectivity index (χ0n) is 16.8. The van der Waals surface area contributed by atoms with E-state index in [1.807, 2.05) is 0 Å². The first-order valence-corrected chi connectivity index (χ1v) is 11.1. The summed E-state index contributed by atoms with van der Waals surface area (Å²) in [7, 11) is 0. The topological polar surface area (TPSA) is 59.6 Å². The van der Waals surface area contributed by atoms with E-state index in [-0.39, 0.29) is 11.7 Å². The maximum atomic E-state index is 12.6. The third-order valence-corrected chi connectivity index (χ3v) is 6.21. The number of aryl methyl sites for hydroxylation is 2. The van der Waals surface area contributed by atoms with E-state index in [1.165, 1.54) is 28.3 Å². The number of ether oxygens (including phenoxy) is 2. The quantitative estimate of drug-likeness (QED) is 0.321. The molecule has 0 aliphatic heterocycles. The smallest absolute Gasteiger partial charge is 0.387 e. The number of thiocarbonyl (C=S) groups is 1. The number of rotatable bonds is 6. The molecule has 3 rings (SSSR count). The van der Waals surface area contributed by atoms with Crippen LogP contribution in [-0.4, -0.2) is 24.3 Å². The van der Waals surface area contributed by atoms with Crippen LogP contribution in [0.25, 0.3) is 0 Å². The molecule has 2 N–H and O–H groups in total. The van der Waals surface area contributed by atoms with Crippen LogP contribution in [0.2, 0.25) is 0 Å². The summed E-state index contributed by atoms with van der Waals surface area (Å²) in [6, 6.07) is 4.58. The van der Waals surface area contributed by atoms with Crippen LogP contribution >= 0.6 is 23.6 Å². The zero-order chi connectivity index (χ0) is 21.7. The van der Waals surface area contributed by atoms with Crippen molar-refractivity contribution in [3.05, 3.63) is 39.8 Å². The number of nitrogens with one attached hydrogen (secondary N) is 2. The first-order chi connectivity index (χ1) is 14.4. The molecule has 1 aliphatic rings. The van der Waals surface area contributed by atoms with Gasteiger partial charge in [-0.15, -0.1) is 11.3 Å². The molecule has 0 bridgehead atoms. The maximum Gasteiger partial charge on any atom is 0.387 e. The van der Waals surface area contributed by atoms with Gasteiger partial charge in [-0.3, -0.25) is 0 Å². The fourth-order valence-corrected chi connectivity index (χ4v) is 5.02. The van der Waals surface area contributed by atoms with Crippen LogP contribution in [0.3, 0.4) is 0 Å². The molecule has 0 unspecified atom stereocenters. The molecule has 0 saturated heterocycles. The van der Waals surface area contributed by atoms with E-state index in [0.29, 0.717) is 33.5 Å². The van der Waals surface area contributed by atoms with Gasteiger partial charge in [0.15, 0.2) is 5.11 Å². The first-order valence-electron chi connectivity index (χ1n) is 9.84. The van der Waals surface area contributed by atoms with Gasteiger partial charge in [0.1, 0.15) is 10.8 Å². The number of carbonyl (C=O) groups is 1. The summed E-state index contributed by atoms with van der Waals surface area (Å²) in [6.07, 6.45) is 5.09. The minimum absolute atomic E-state index is 0.0820. The Kier molecular flexibility index (Phi) is 7.60. The summed E-state index contributed by atoms with van der Waals surface area (Å²) in [5, 5.41) is 7.18. The summed E-state index contributed by atoms with van der Waals surface area (Å²) in [5.74, 6) is -0.259. The Labute approximate surface area is 183 Å². The number of hydrogen-bond acceptors (Lipinski definition) is 5. The third-order valence-electron chi connectivity index (χ3n) is 4.80. The number of hydrogen-bond donors (Lipinski definition) is 2. The third kappa shape index (κ3) is 5.46. The maximum absolute atomic E-state index is 12.6. The normalized spacial score (nSPS) is 13.4. The Morgan fingerprint density at radius 1 is 1.23 bits per heavy atom. The summed E-state index contributed by atoms with van der Waals surface area (Å²) in [5.41, 5.74) is 2.99. The number of anilines is 2. The van der Waals surface area contributed by atoms with E-state index in [9.17, 15) is 13.6 Å². The molecule has 2 aromatic rings. The van der Waals surface area contributed by atoms with Crippen molar-refractivity contribution >= 4 is 45.3 Å². The summed E-state index contributed by atoms with van der Waals surface area (Å²) < 4.78 is 34.5. The molecule has 9 heteroatoms. The van der Waals surface area contributed by atoms with Crippen molar-refractivity contribution in [2.45, 2.75) is 52.6 Å². The summed E-state index contributed by atoms with van der Waals surface area (Å²) in [6.45, 7) is 0.978. The van der Waals surface area contributed by atoms with E-state index in [2.05, 4.69) is 15.4 Å². The molecule has 0 spiro atoms. The van der Waals surface area contributed by atoms with Crippen LogP contribution in [0.4, 0.5) is 19.5 Å². The van der Waals surface area contributed by atoms with Crippen molar-refractivity contribution in [3.8, 4) is 5.75 Å². The van der Waals surface area contributed by atoms with Crippen molar-refractivity contribution in [2.75, 3.05) is 17.2 Å². The van der Waals surface area contributed by atoms with Gasteiger partial charge in [-0.1, -0.05) is 6.42 Å². The average Bonchev–Trinajstić information content (AvgIpc) is 2.84. The average molecular weight is 455 g/mol. The van der Waals surface area contributed by atoms with Gasteiger partial charge >= 0.3 is 12.6 Å². The molecule has 1 aromatic carbocycles. The van der Waals surface area contributed by atoms with Gasteiger partial charge in [0.05, 0.1) is 12.2 Å². The Bertz CT molecular complexity index is 931. The second-order valence-corrected chi connectivity index (χ2v) is 8.44. The highest BCUT2D eigenvalue weighted by Gasteiger charge is 2.26. The molecule has 30 heavy (non-hydrogen) atoms. The van der Waals surface area contributed by atoms with Crippen LogP contribution in [0.15, 0.2) is 18.2 Å². The fourth-order valence-electron chi connectivity index (χ4n) is 3.46. The van der Waals surface area contributed by atoms with Gasteiger partial charge in [-0.2, -0.15) is 8.78 Å². The van der Waals surface area contributed by atoms with Crippen LogP contribution < -0.4 is 15.4 Å². The zero-order valence-corrected chi connectivity index (χ0v) is 18.5. The lowest BCUT2D eigenvalue weighted by Crippen LogP contribution is -2.21. The van der Waals surface area contributed by atoms with Gasteiger partial charge in [-0.25, -0.2) is 4.79 Å². The Morgan fingerprint density at radius 2 is 2.00 bits per heavy atom. The first kappa shape index (κ1) is 22.4. The lowest BCUT2D eigenvalue weighted by atomic mass is 10.1. The molecule has 0 amide bonds. The lowest BCUT2D eigenvalue weighted by Gasteiger charge is -2.14. The molecule has 1 aromatic heterocycles. The molecule has 1 aliphatic carbocycles. The van der Waals surface area contributed by atoms with Crippen molar-refractivity contribution in [1.82, 2.24) is 0 Å². The number of thiophene rings is 1.